The van der Waals surface area contributed by atoms with Gasteiger partial charge in [-0.05, 0) is 36.5 Å². The molecule has 4 nitrogen and oxygen atoms in total. The Balaban J connectivity index is 1.56. The number of benzene rings is 1. The third kappa shape index (κ3) is 2.87. The van der Waals surface area contributed by atoms with Gasteiger partial charge in [-0.25, -0.2) is 0 Å². The van der Waals surface area contributed by atoms with E-state index in [-0.39, 0.29) is 0 Å². The summed E-state index contributed by atoms with van der Waals surface area (Å²) in [6.07, 6.45) is 3.75. The molecule has 22 heavy (non-hydrogen) atoms. The molecule has 120 valence electrons. The molecular weight excluding hydrogens is 274 g/mol. The SMILES string of the molecule is c1cc2c(c(N3CCNCC3)c1)CC(N1CCOCC1)CC2. The van der Waals surface area contributed by atoms with E-state index in [1.807, 2.05) is 0 Å². The smallest absolute Gasteiger partial charge is 0.0594 e. The molecule has 3 aliphatic rings. The highest BCUT2D eigenvalue weighted by molar-refractivity contribution is 5.58. The van der Waals surface area contributed by atoms with Crippen LogP contribution < -0.4 is 10.2 Å². The first-order chi connectivity index (χ1) is 10.9. The van der Waals surface area contributed by atoms with E-state index in [0.717, 1.165) is 52.5 Å². The fraction of sp³-hybridized carbons (Fsp3) is 0.667. The first-order valence-electron chi connectivity index (χ1n) is 8.80. The molecule has 1 unspecified atom stereocenters. The molecule has 2 heterocycles. The van der Waals surface area contributed by atoms with Crippen molar-refractivity contribution in [2.24, 2.45) is 0 Å². The van der Waals surface area contributed by atoms with Crippen LogP contribution in [0.5, 0.6) is 0 Å². The highest BCUT2D eigenvalue weighted by Crippen LogP contribution is 2.32. The minimum absolute atomic E-state index is 0.709. The molecule has 1 atom stereocenters. The average molecular weight is 301 g/mol. The van der Waals surface area contributed by atoms with Gasteiger partial charge < -0.3 is 15.0 Å². The van der Waals surface area contributed by atoms with Gasteiger partial charge in [0.2, 0.25) is 0 Å². The van der Waals surface area contributed by atoms with Crippen molar-refractivity contribution in [2.75, 3.05) is 57.4 Å². The standard InChI is InChI=1S/C18H27N3O/c1-2-15-4-5-16(20-10-12-22-13-11-20)14-17(15)18(3-1)21-8-6-19-7-9-21/h1-3,16,19H,4-14H2. The van der Waals surface area contributed by atoms with Crippen molar-refractivity contribution < 1.29 is 4.74 Å². The number of rotatable bonds is 2. The Morgan fingerprint density at radius 2 is 1.86 bits per heavy atom. The number of piperazine rings is 1. The lowest BCUT2D eigenvalue weighted by molar-refractivity contribution is 0.0137. The molecule has 2 aliphatic heterocycles. The van der Waals surface area contributed by atoms with Gasteiger partial charge in [-0.15, -0.1) is 0 Å². The van der Waals surface area contributed by atoms with E-state index in [0.29, 0.717) is 6.04 Å². The van der Waals surface area contributed by atoms with Crippen LogP contribution in [0.1, 0.15) is 17.5 Å². The number of fused-ring (bicyclic) bond motifs is 1. The van der Waals surface area contributed by atoms with E-state index in [4.69, 9.17) is 4.74 Å². The Bertz CT molecular complexity index is 507. The average Bonchev–Trinajstić information content (AvgIpc) is 2.62. The maximum Gasteiger partial charge on any atom is 0.0594 e. The molecule has 0 bridgehead atoms. The number of aryl methyl sites for hydroxylation is 1. The lowest BCUT2D eigenvalue weighted by Crippen LogP contribution is -2.47. The van der Waals surface area contributed by atoms with Crippen LogP contribution in [0.2, 0.25) is 0 Å². The van der Waals surface area contributed by atoms with Crippen molar-refractivity contribution in [1.29, 1.82) is 0 Å². The van der Waals surface area contributed by atoms with Gasteiger partial charge in [0.15, 0.2) is 0 Å². The van der Waals surface area contributed by atoms with Crippen molar-refractivity contribution in [1.82, 2.24) is 10.2 Å². The van der Waals surface area contributed by atoms with Crippen molar-refractivity contribution in [3.8, 4) is 0 Å². The Labute approximate surface area is 133 Å². The fourth-order valence-electron chi connectivity index (χ4n) is 4.21. The summed E-state index contributed by atoms with van der Waals surface area (Å²) < 4.78 is 5.52. The van der Waals surface area contributed by atoms with E-state index < -0.39 is 0 Å². The predicted molar refractivity (Wildman–Crippen MR) is 89.7 cm³/mol. The van der Waals surface area contributed by atoms with Crippen LogP contribution in [-0.4, -0.2) is 63.4 Å². The number of hydrogen-bond donors (Lipinski definition) is 1. The molecule has 4 heteroatoms. The lowest BCUT2D eigenvalue weighted by atomic mass is 9.85. The van der Waals surface area contributed by atoms with Crippen LogP contribution in [0, 0.1) is 0 Å². The van der Waals surface area contributed by atoms with Crippen LogP contribution >= 0.6 is 0 Å². The molecule has 1 N–H and O–H groups in total. The number of hydrogen-bond acceptors (Lipinski definition) is 4. The minimum atomic E-state index is 0.709. The molecule has 2 fully saturated rings. The van der Waals surface area contributed by atoms with Gasteiger partial charge in [-0.3, -0.25) is 4.90 Å². The van der Waals surface area contributed by atoms with Gasteiger partial charge in [0.1, 0.15) is 0 Å². The highest BCUT2D eigenvalue weighted by Gasteiger charge is 2.28. The second-order valence-electron chi connectivity index (χ2n) is 6.70. The zero-order valence-corrected chi connectivity index (χ0v) is 13.4. The summed E-state index contributed by atoms with van der Waals surface area (Å²) in [5.41, 5.74) is 4.70. The molecule has 1 aromatic rings. The van der Waals surface area contributed by atoms with Crippen molar-refractivity contribution in [2.45, 2.75) is 25.3 Å². The molecule has 0 aromatic heterocycles. The molecule has 1 aliphatic carbocycles. The Morgan fingerprint density at radius 3 is 2.68 bits per heavy atom. The summed E-state index contributed by atoms with van der Waals surface area (Å²) in [6.45, 7) is 8.52. The van der Waals surface area contributed by atoms with Gasteiger partial charge in [0, 0.05) is 51.0 Å². The Morgan fingerprint density at radius 1 is 1.05 bits per heavy atom. The van der Waals surface area contributed by atoms with Crippen molar-refractivity contribution in [3.05, 3.63) is 29.3 Å². The number of nitrogens with one attached hydrogen (secondary N) is 1. The second-order valence-corrected chi connectivity index (χ2v) is 6.70. The normalized spacial score (nSPS) is 26.7. The quantitative estimate of drug-likeness (QED) is 0.891. The van der Waals surface area contributed by atoms with Gasteiger partial charge >= 0.3 is 0 Å². The maximum absolute atomic E-state index is 5.52. The van der Waals surface area contributed by atoms with Crippen molar-refractivity contribution >= 4 is 5.69 Å². The van der Waals surface area contributed by atoms with Gasteiger partial charge in [-0.1, -0.05) is 12.1 Å². The van der Waals surface area contributed by atoms with Gasteiger partial charge in [-0.2, -0.15) is 0 Å². The summed E-state index contributed by atoms with van der Waals surface area (Å²) in [7, 11) is 0. The summed E-state index contributed by atoms with van der Waals surface area (Å²) in [5, 5.41) is 3.46. The predicted octanol–water partition coefficient (Wildman–Crippen LogP) is 1.29. The first-order valence-corrected chi connectivity index (χ1v) is 8.80. The Hall–Kier alpha value is -1.10. The van der Waals surface area contributed by atoms with Crippen molar-refractivity contribution in [3.63, 3.8) is 0 Å². The van der Waals surface area contributed by atoms with Crippen LogP contribution in [0.4, 0.5) is 5.69 Å². The summed E-state index contributed by atoms with van der Waals surface area (Å²) in [5.74, 6) is 0. The van der Waals surface area contributed by atoms with E-state index in [1.54, 1.807) is 11.1 Å². The molecule has 4 rings (SSSR count). The van der Waals surface area contributed by atoms with E-state index >= 15 is 0 Å². The minimum Gasteiger partial charge on any atom is -0.379 e. The first kappa shape index (κ1) is 14.5. The third-order valence-electron chi connectivity index (χ3n) is 5.45. The molecule has 2 saturated heterocycles. The molecule has 0 amide bonds. The summed E-state index contributed by atoms with van der Waals surface area (Å²) >= 11 is 0. The zero-order valence-electron chi connectivity index (χ0n) is 13.4. The number of morpholine rings is 1. The molecular formula is C18H27N3O. The second kappa shape index (κ2) is 6.57. The highest BCUT2D eigenvalue weighted by atomic mass is 16.5. The number of anilines is 1. The largest absolute Gasteiger partial charge is 0.379 e. The van der Waals surface area contributed by atoms with Crippen LogP contribution in [-0.2, 0) is 17.6 Å². The van der Waals surface area contributed by atoms with E-state index in [1.165, 1.54) is 24.9 Å². The third-order valence-corrected chi connectivity index (χ3v) is 5.45. The topological polar surface area (TPSA) is 27.7 Å². The van der Waals surface area contributed by atoms with Gasteiger partial charge in [0.25, 0.3) is 0 Å². The van der Waals surface area contributed by atoms with Crippen LogP contribution in [0.15, 0.2) is 18.2 Å². The number of nitrogens with zero attached hydrogens (tertiary/aromatic N) is 2. The maximum atomic E-state index is 5.52. The monoisotopic (exact) mass is 301 g/mol. The van der Waals surface area contributed by atoms with Gasteiger partial charge in [0.05, 0.1) is 13.2 Å². The Kier molecular flexibility index (Phi) is 4.33. The zero-order chi connectivity index (χ0) is 14.8. The van der Waals surface area contributed by atoms with Crippen LogP contribution in [0.25, 0.3) is 0 Å². The number of ether oxygens (including phenoxy) is 1. The fourth-order valence-corrected chi connectivity index (χ4v) is 4.21. The summed E-state index contributed by atoms with van der Waals surface area (Å²) in [6, 6.07) is 7.65. The van der Waals surface area contributed by atoms with E-state index in [9.17, 15) is 0 Å². The molecule has 0 saturated carbocycles. The van der Waals surface area contributed by atoms with Crippen LogP contribution in [0.3, 0.4) is 0 Å². The molecule has 0 radical (unpaired) electrons. The molecule has 0 spiro atoms. The summed E-state index contributed by atoms with van der Waals surface area (Å²) in [4.78, 5) is 5.23. The molecule has 1 aromatic carbocycles. The van der Waals surface area contributed by atoms with E-state index in [2.05, 4.69) is 33.3 Å². The lowest BCUT2D eigenvalue weighted by Gasteiger charge is -2.39.